The molecule has 1 amide bonds. The molecule has 1 aromatic carbocycles. The molecule has 0 spiro atoms. The van der Waals surface area contributed by atoms with Gasteiger partial charge >= 0.3 is 6.09 Å². The molecular weight excluding hydrogens is 278 g/mol. The van der Waals surface area contributed by atoms with Crippen LogP contribution in [-0.4, -0.2) is 23.8 Å². The lowest BCUT2D eigenvalue weighted by molar-refractivity contribution is -0.000736. The van der Waals surface area contributed by atoms with Gasteiger partial charge in [-0.1, -0.05) is 30.3 Å². The zero-order valence-electron chi connectivity index (χ0n) is 13.2. The molecule has 0 bridgehead atoms. The zero-order chi connectivity index (χ0) is 15.4. The molecule has 2 aliphatic rings. The molecule has 4 nitrogen and oxygen atoms in total. The molecule has 0 aromatic heterocycles. The second kappa shape index (κ2) is 6.69. The molecule has 0 saturated heterocycles. The van der Waals surface area contributed by atoms with Crippen molar-refractivity contribution in [1.82, 2.24) is 5.32 Å². The molecule has 2 saturated carbocycles. The van der Waals surface area contributed by atoms with Gasteiger partial charge in [0, 0.05) is 5.54 Å². The summed E-state index contributed by atoms with van der Waals surface area (Å²) in [6.07, 6.45) is 6.94. The van der Waals surface area contributed by atoms with Crippen molar-refractivity contribution in [3.8, 4) is 0 Å². The number of carbonyl (C=O) groups excluding carboxylic acids is 1. The van der Waals surface area contributed by atoms with Crippen molar-refractivity contribution in [1.29, 1.82) is 0 Å². The molecule has 1 N–H and O–H groups in total. The van der Waals surface area contributed by atoms with Crippen LogP contribution in [0.4, 0.5) is 4.79 Å². The Balaban J connectivity index is 1.40. The summed E-state index contributed by atoms with van der Waals surface area (Å²) in [5.41, 5.74) is 0.835. The molecular formula is C18H25NO3. The highest BCUT2D eigenvalue weighted by Crippen LogP contribution is 2.34. The van der Waals surface area contributed by atoms with Crippen molar-refractivity contribution >= 4 is 6.09 Å². The zero-order valence-corrected chi connectivity index (χ0v) is 13.2. The van der Waals surface area contributed by atoms with Crippen LogP contribution in [0.3, 0.4) is 0 Å². The monoisotopic (exact) mass is 303 g/mol. The van der Waals surface area contributed by atoms with Gasteiger partial charge in [-0.3, -0.25) is 0 Å². The van der Waals surface area contributed by atoms with Crippen molar-refractivity contribution in [3.63, 3.8) is 0 Å². The molecule has 0 aliphatic heterocycles. The number of benzene rings is 1. The highest BCUT2D eigenvalue weighted by molar-refractivity contribution is 5.68. The number of hydrogen-bond acceptors (Lipinski definition) is 3. The lowest BCUT2D eigenvalue weighted by Crippen LogP contribution is -2.49. The quantitative estimate of drug-likeness (QED) is 0.900. The van der Waals surface area contributed by atoms with E-state index in [2.05, 4.69) is 12.2 Å². The summed E-state index contributed by atoms with van der Waals surface area (Å²) in [6, 6.07) is 9.75. The average Bonchev–Trinajstić information content (AvgIpc) is 3.33. The van der Waals surface area contributed by atoms with Gasteiger partial charge in [0.05, 0.1) is 12.2 Å². The van der Waals surface area contributed by atoms with Gasteiger partial charge in [0.1, 0.15) is 6.61 Å². The average molecular weight is 303 g/mol. The van der Waals surface area contributed by atoms with Crippen LogP contribution in [0.5, 0.6) is 0 Å². The first-order chi connectivity index (χ1) is 10.6. The first kappa shape index (κ1) is 15.3. The van der Waals surface area contributed by atoms with E-state index in [-0.39, 0.29) is 11.6 Å². The molecule has 0 unspecified atom stereocenters. The molecule has 4 heteroatoms. The third kappa shape index (κ3) is 4.47. The van der Waals surface area contributed by atoms with Crippen LogP contribution in [0, 0.1) is 0 Å². The van der Waals surface area contributed by atoms with Gasteiger partial charge in [0.25, 0.3) is 0 Å². The number of ether oxygens (including phenoxy) is 2. The fourth-order valence-electron chi connectivity index (χ4n) is 2.97. The van der Waals surface area contributed by atoms with E-state index in [4.69, 9.17) is 9.47 Å². The van der Waals surface area contributed by atoms with E-state index >= 15 is 0 Å². The number of carbonyl (C=O) groups is 1. The number of amides is 1. The van der Waals surface area contributed by atoms with Gasteiger partial charge in [-0.15, -0.1) is 0 Å². The normalized spacial score (nSPS) is 28.1. The maximum absolute atomic E-state index is 12.0. The van der Waals surface area contributed by atoms with E-state index in [0.29, 0.717) is 18.8 Å². The summed E-state index contributed by atoms with van der Waals surface area (Å²) in [7, 11) is 0. The van der Waals surface area contributed by atoms with E-state index in [1.165, 1.54) is 12.8 Å². The third-order valence-electron chi connectivity index (χ3n) is 4.56. The molecule has 120 valence electrons. The van der Waals surface area contributed by atoms with Crippen molar-refractivity contribution in [2.45, 2.75) is 69.8 Å². The Morgan fingerprint density at radius 1 is 1.14 bits per heavy atom. The Labute approximate surface area is 132 Å². The molecule has 1 aromatic rings. The Morgan fingerprint density at radius 2 is 1.77 bits per heavy atom. The van der Waals surface area contributed by atoms with Crippen LogP contribution in [0.25, 0.3) is 0 Å². The second-order valence-electron chi connectivity index (χ2n) is 6.78. The lowest BCUT2D eigenvalue weighted by Gasteiger charge is -2.37. The second-order valence-corrected chi connectivity index (χ2v) is 6.78. The Morgan fingerprint density at radius 3 is 2.41 bits per heavy atom. The fourth-order valence-corrected chi connectivity index (χ4v) is 2.97. The molecule has 22 heavy (non-hydrogen) atoms. The van der Waals surface area contributed by atoms with Crippen molar-refractivity contribution in [2.24, 2.45) is 0 Å². The number of rotatable bonds is 5. The van der Waals surface area contributed by atoms with Gasteiger partial charge in [-0.2, -0.15) is 0 Å². The van der Waals surface area contributed by atoms with Crippen LogP contribution in [0.1, 0.15) is 51.0 Å². The Bertz CT molecular complexity index is 490. The van der Waals surface area contributed by atoms with Crippen molar-refractivity contribution in [3.05, 3.63) is 35.9 Å². The molecule has 0 atom stereocenters. The highest BCUT2D eigenvalue weighted by atomic mass is 16.5. The minimum atomic E-state index is -0.326. The minimum absolute atomic E-state index is 0.169. The summed E-state index contributed by atoms with van der Waals surface area (Å²) in [5.74, 6) is 0. The molecule has 0 radical (unpaired) electrons. The van der Waals surface area contributed by atoms with E-state index in [1.807, 2.05) is 30.3 Å². The van der Waals surface area contributed by atoms with Crippen molar-refractivity contribution < 1.29 is 14.3 Å². The largest absolute Gasteiger partial charge is 0.445 e. The van der Waals surface area contributed by atoms with Crippen LogP contribution < -0.4 is 5.32 Å². The summed E-state index contributed by atoms with van der Waals surface area (Å²) < 4.78 is 11.3. The van der Waals surface area contributed by atoms with Crippen LogP contribution in [-0.2, 0) is 16.1 Å². The van der Waals surface area contributed by atoms with Crippen LogP contribution in [0.15, 0.2) is 30.3 Å². The molecule has 2 fully saturated rings. The lowest BCUT2D eigenvalue weighted by atomic mass is 9.82. The standard InChI is InChI=1S/C18H25NO3/c1-18(11-9-16(10-12-18)22-15-7-8-15)19-17(20)21-13-14-5-3-2-4-6-14/h2-6,15-16H,7-13H2,1H3,(H,19,20). The SMILES string of the molecule is CC1(NC(=O)OCc2ccccc2)CCC(OC2CC2)CC1. The van der Waals surface area contributed by atoms with Gasteiger partial charge in [0.2, 0.25) is 0 Å². The predicted molar refractivity (Wildman–Crippen MR) is 84.5 cm³/mol. The molecule has 0 heterocycles. The Kier molecular flexibility index (Phi) is 4.67. The fraction of sp³-hybridized carbons (Fsp3) is 0.611. The summed E-state index contributed by atoms with van der Waals surface area (Å²) >= 11 is 0. The van der Waals surface area contributed by atoms with Gasteiger partial charge < -0.3 is 14.8 Å². The number of hydrogen-bond donors (Lipinski definition) is 1. The highest BCUT2D eigenvalue weighted by Gasteiger charge is 2.35. The van der Waals surface area contributed by atoms with Gasteiger partial charge in [0.15, 0.2) is 0 Å². The smallest absolute Gasteiger partial charge is 0.407 e. The van der Waals surface area contributed by atoms with Crippen molar-refractivity contribution in [2.75, 3.05) is 0 Å². The Hall–Kier alpha value is -1.55. The first-order valence-corrected chi connectivity index (χ1v) is 8.27. The van der Waals surface area contributed by atoms with Gasteiger partial charge in [-0.05, 0) is 51.0 Å². The van der Waals surface area contributed by atoms with E-state index in [1.54, 1.807) is 0 Å². The summed E-state index contributed by atoms with van der Waals surface area (Å²) in [4.78, 5) is 12.0. The van der Waals surface area contributed by atoms with E-state index in [9.17, 15) is 4.79 Å². The maximum atomic E-state index is 12.0. The topological polar surface area (TPSA) is 47.6 Å². The van der Waals surface area contributed by atoms with Crippen LogP contribution in [0.2, 0.25) is 0 Å². The van der Waals surface area contributed by atoms with Gasteiger partial charge in [-0.25, -0.2) is 4.79 Å². The first-order valence-electron chi connectivity index (χ1n) is 8.27. The molecule has 3 rings (SSSR count). The predicted octanol–water partition coefficient (Wildman–Crippen LogP) is 3.79. The maximum Gasteiger partial charge on any atom is 0.407 e. The van der Waals surface area contributed by atoms with Crippen LogP contribution >= 0.6 is 0 Å². The summed E-state index contributed by atoms with van der Waals surface area (Å²) in [5, 5.41) is 3.04. The molecule has 2 aliphatic carbocycles. The summed E-state index contributed by atoms with van der Waals surface area (Å²) in [6.45, 7) is 2.42. The minimum Gasteiger partial charge on any atom is -0.445 e. The third-order valence-corrected chi connectivity index (χ3v) is 4.56. The van der Waals surface area contributed by atoms with E-state index in [0.717, 1.165) is 31.2 Å². The number of alkyl carbamates (subject to hydrolysis) is 1. The van der Waals surface area contributed by atoms with E-state index < -0.39 is 0 Å². The number of nitrogens with one attached hydrogen (secondary N) is 1.